The minimum Gasteiger partial charge on any atom is -0.339 e. The summed E-state index contributed by atoms with van der Waals surface area (Å²) in [7, 11) is 0. The first-order valence-electron chi connectivity index (χ1n) is 12.2. The monoisotopic (exact) mass is 539 g/mol. The zero-order chi connectivity index (χ0) is 27.3. The second-order valence-electron chi connectivity index (χ2n) is 9.05. The Bertz CT molecular complexity index is 1300. The lowest BCUT2D eigenvalue weighted by molar-refractivity contribution is -0.137. The summed E-state index contributed by atoms with van der Waals surface area (Å²) in [5, 5.41) is 2.65. The summed E-state index contributed by atoms with van der Waals surface area (Å²) in [5.74, 6) is -0.179. The van der Waals surface area contributed by atoms with E-state index in [9.17, 15) is 22.8 Å². The Kier molecular flexibility index (Phi) is 8.46. The number of aromatic nitrogens is 1. The molecule has 2 aromatic carbocycles. The van der Waals surface area contributed by atoms with Crippen LogP contribution in [0.4, 0.5) is 13.2 Å². The summed E-state index contributed by atoms with van der Waals surface area (Å²) < 4.78 is 38.9. The molecule has 0 spiro atoms. The summed E-state index contributed by atoms with van der Waals surface area (Å²) in [6.07, 6.45) is 0.325. The molecule has 1 aromatic heterocycles. The van der Waals surface area contributed by atoms with Gasteiger partial charge in [0.1, 0.15) is 5.69 Å². The normalized spacial score (nSPS) is 14.2. The van der Waals surface area contributed by atoms with Crippen LogP contribution in [0.5, 0.6) is 0 Å². The maximum atomic E-state index is 13.4. The van der Waals surface area contributed by atoms with Crippen LogP contribution in [0.3, 0.4) is 0 Å². The predicted molar refractivity (Wildman–Crippen MR) is 143 cm³/mol. The van der Waals surface area contributed by atoms with Gasteiger partial charge in [-0.25, -0.2) is 4.98 Å². The fourth-order valence-electron chi connectivity index (χ4n) is 4.55. The van der Waals surface area contributed by atoms with E-state index in [1.54, 1.807) is 51.6 Å². The number of halogens is 3. The molecule has 0 saturated carbocycles. The van der Waals surface area contributed by atoms with E-state index in [2.05, 4.69) is 18.1 Å². The standard InChI is InChI=1S/C29H28F3N3O2S/c1-3-15-34(16-4-2)28(37)25-19-38-26(33-25)21-13-17-35(18-14-21)27(36)24-8-6-5-7-23(24)20-9-11-22(12-10-20)29(30,31)32/h3-12,19,21H,1-2,13-18H2. The molecule has 2 heterocycles. The third-order valence-corrected chi connectivity index (χ3v) is 7.55. The Balaban J connectivity index is 1.43. The first-order chi connectivity index (χ1) is 18.2. The lowest BCUT2D eigenvalue weighted by Crippen LogP contribution is -2.38. The molecule has 0 unspecified atom stereocenters. The number of likely N-dealkylation sites (tertiary alicyclic amines) is 1. The fourth-order valence-corrected chi connectivity index (χ4v) is 5.51. The van der Waals surface area contributed by atoms with E-state index in [1.807, 2.05) is 0 Å². The van der Waals surface area contributed by atoms with Gasteiger partial charge in [0.15, 0.2) is 0 Å². The Hall–Kier alpha value is -3.72. The van der Waals surface area contributed by atoms with Gasteiger partial charge in [-0.15, -0.1) is 24.5 Å². The number of rotatable bonds is 8. The predicted octanol–water partition coefficient (Wildman–Crippen LogP) is 6.66. The number of benzene rings is 2. The summed E-state index contributed by atoms with van der Waals surface area (Å²) in [6.45, 7) is 9.25. The number of thiazole rings is 1. The van der Waals surface area contributed by atoms with Crippen LogP contribution in [0.25, 0.3) is 11.1 Å². The third kappa shape index (κ3) is 6.05. The van der Waals surface area contributed by atoms with Crippen LogP contribution in [-0.4, -0.2) is 52.8 Å². The molecule has 0 aliphatic carbocycles. The van der Waals surface area contributed by atoms with Gasteiger partial charge in [-0.05, 0) is 42.2 Å². The van der Waals surface area contributed by atoms with E-state index in [4.69, 9.17) is 0 Å². The summed E-state index contributed by atoms with van der Waals surface area (Å²) in [6, 6.07) is 11.8. The van der Waals surface area contributed by atoms with Crippen LogP contribution in [0.1, 0.15) is 50.2 Å². The molecule has 4 rings (SSSR count). The number of alkyl halides is 3. The van der Waals surface area contributed by atoms with E-state index in [1.165, 1.54) is 23.5 Å². The number of hydrogen-bond donors (Lipinski definition) is 0. The van der Waals surface area contributed by atoms with Crippen molar-refractivity contribution >= 4 is 23.2 Å². The maximum Gasteiger partial charge on any atom is 0.416 e. The topological polar surface area (TPSA) is 53.5 Å². The highest BCUT2D eigenvalue weighted by atomic mass is 32.1. The number of piperidine rings is 1. The highest BCUT2D eigenvalue weighted by molar-refractivity contribution is 7.09. The molecule has 0 bridgehead atoms. The van der Waals surface area contributed by atoms with E-state index >= 15 is 0 Å². The van der Waals surface area contributed by atoms with Gasteiger partial charge in [0.2, 0.25) is 0 Å². The van der Waals surface area contributed by atoms with Crippen molar-refractivity contribution in [1.29, 1.82) is 0 Å². The Morgan fingerprint density at radius 2 is 1.66 bits per heavy atom. The van der Waals surface area contributed by atoms with Gasteiger partial charge >= 0.3 is 6.18 Å². The van der Waals surface area contributed by atoms with Crippen molar-refractivity contribution in [2.75, 3.05) is 26.2 Å². The van der Waals surface area contributed by atoms with Crippen molar-refractivity contribution in [2.24, 2.45) is 0 Å². The van der Waals surface area contributed by atoms with Gasteiger partial charge in [0.25, 0.3) is 11.8 Å². The van der Waals surface area contributed by atoms with E-state index in [0.29, 0.717) is 61.4 Å². The minimum absolute atomic E-state index is 0.142. The molecule has 0 radical (unpaired) electrons. The minimum atomic E-state index is -4.42. The summed E-state index contributed by atoms with van der Waals surface area (Å²) >= 11 is 1.45. The Morgan fingerprint density at radius 3 is 2.26 bits per heavy atom. The van der Waals surface area contributed by atoms with Crippen LogP contribution in [0.15, 0.2) is 79.2 Å². The highest BCUT2D eigenvalue weighted by Gasteiger charge is 2.31. The molecule has 5 nitrogen and oxygen atoms in total. The van der Waals surface area contributed by atoms with Gasteiger partial charge in [-0.3, -0.25) is 9.59 Å². The van der Waals surface area contributed by atoms with Gasteiger partial charge in [-0.1, -0.05) is 42.5 Å². The number of hydrogen-bond acceptors (Lipinski definition) is 4. The molecule has 3 aromatic rings. The van der Waals surface area contributed by atoms with Crippen LogP contribution >= 0.6 is 11.3 Å². The average molecular weight is 540 g/mol. The first kappa shape index (κ1) is 27.3. The van der Waals surface area contributed by atoms with Crippen LogP contribution in [-0.2, 0) is 6.18 Å². The highest BCUT2D eigenvalue weighted by Crippen LogP contribution is 2.34. The molecular weight excluding hydrogens is 511 g/mol. The van der Waals surface area contributed by atoms with Gasteiger partial charge < -0.3 is 9.80 Å². The van der Waals surface area contributed by atoms with Gasteiger partial charge in [-0.2, -0.15) is 13.2 Å². The van der Waals surface area contributed by atoms with Crippen molar-refractivity contribution in [3.63, 3.8) is 0 Å². The zero-order valence-electron chi connectivity index (χ0n) is 20.8. The quantitative estimate of drug-likeness (QED) is 0.301. The molecule has 198 valence electrons. The maximum absolute atomic E-state index is 13.4. The van der Waals surface area contributed by atoms with Crippen LogP contribution in [0.2, 0.25) is 0 Å². The second-order valence-corrected chi connectivity index (χ2v) is 9.94. The lowest BCUT2D eigenvalue weighted by Gasteiger charge is -2.31. The first-order valence-corrected chi connectivity index (χ1v) is 13.1. The molecule has 1 aliphatic heterocycles. The number of nitrogens with zero attached hydrogens (tertiary/aromatic N) is 3. The Morgan fingerprint density at radius 1 is 1.03 bits per heavy atom. The van der Waals surface area contributed by atoms with E-state index in [-0.39, 0.29) is 17.7 Å². The van der Waals surface area contributed by atoms with Gasteiger partial charge in [0, 0.05) is 43.0 Å². The third-order valence-electron chi connectivity index (χ3n) is 6.54. The molecule has 1 fully saturated rings. The molecule has 0 N–H and O–H groups in total. The van der Waals surface area contributed by atoms with Crippen molar-refractivity contribution in [2.45, 2.75) is 24.9 Å². The van der Waals surface area contributed by atoms with Crippen molar-refractivity contribution in [3.8, 4) is 11.1 Å². The van der Waals surface area contributed by atoms with E-state index < -0.39 is 11.7 Å². The van der Waals surface area contributed by atoms with Crippen molar-refractivity contribution in [3.05, 3.63) is 101 Å². The fraction of sp³-hybridized carbons (Fsp3) is 0.276. The summed E-state index contributed by atoms with van der Waals surface area (Å²) in [4.78, 5) is 34.2. The average Bonchev–Trinajstić information content (AvgIpc) is 3.42. The smallest absolute Gasteiger partial charge is 0.339 e. The summed E-state index contributed by atoms with van der Waals surface area (Å²) in [5.41, 5.74) is 1.28. The number of carbonyl (C=O) groups excluding carboxylic acids is 2. The lowest BCUT2D eigenvalue weighted by atomic mass is 9.94. The van der Waals surface area contributed by atoms with Crippen molar-refractivity contribution < 1.29 is 22.8 Å². The number of carbonyl (C=O) groups is 2. The molecule has 1 saturated heterocycles. The van der Waals surface area contributed by atoms with Crippen LogP contribution in [0, 0.1) is 0 Å². The molecular formula is C29H28F3N3O2S. The number of amides is 2. The zero-order valence-corrected chi connectivity index (χ0v) is 21.6. The SMILES string of the molecule is C=CCN(CC=C)C(=O)c1csc(C2CCN(C(=O)c3ccccc3-c3ccc(C(F)(F)F)cc3)CC2)n1. The second kappa shape index (κ2) is 11.8. The molecule has 38 heavy (non-hydrogen) atoms. The van der Waals surface area contributed by atoms with E-state index in [0.717, 1.165) is 17.1 Å². The van der Waals surface area contributed by atoms with Gasteiger partial charge in [0.05, 0.1) is 10.6 Å². The van der Waals surface area contributed by atoms with Crippen molar-refractivity contribution in [1.82, 2.24) is 14.8 Å². The largest absolute Gasteiger partial charge is 0.416 e. The molecule has 1 aliphatic rings. The Labute approximate surface area is 223 Å². The molecule has 9 heteroatoms. The molecule has 2 amide bonds. The molecule has 0 atom stereocenters. The van der Waals surface area contributed by atoms with Crippen LogP contribution < -0.4 is 0 Å².